The summed E-state index contributed by atoms with van der Waals surface area (Å²) in [5, 5.41) is 15.4. The fourth-order valence-electron chi connectivity index (χ4n) is 3.87. The van der Waals surface area contributed by atoms with Gasteiger partial charge in [0.1, 0.15) is 18.1 Å². The zero-order valence-electron chi connectivity index (χ0n) is 14.4. The largest absolute Gasteiger partial charge is 0.383 e. The van der Waals surface area contributed by atoms with E-state index in [-0.39, 0.29) is 5.78 Å². The SMILES string of the molecule is O=C(c1cccs1)[C@@H]1C[NH+](Cc2ccccc2)CC[C@@]1(O)c1cccs1. The molecule has 0 bridgehead atoms. The van der Waals surface area contributed by atoms with Gasteiger partial charge in [0.25, 0.3) is 0 Å². The zero-order chi connectivity index (χ0) is 18.0. The third-order valence-electron chi connectivity index (χ3n) is 5.25. The first-order chi connectivity index (χ1) is 12.7. The quantitative estimate of drug-likeness (QED) is 0.664. The molecule has 26 heavy (non-hydrogen) atoms. The van der Waals surface area contributed by atoms with Crippen molar-refractivity contribution >= 4 is 28.5 Å². The number of aliphatic hydroxyl groups is 1. The fourth-order valence-corrected chi connectivity index (χ4v) is 5.49. The Morgan fingerprint density at radius 3 is 2.54 bits per heavy atom. The highest BCUT2D eigenvalue weighted by atomic mass is 32.1. The van der Waals surface area contributed by atoms with E-state index in [1.807, 2.05) is 41.1 Å². The molecule has 3 atom stereocenters. The minimum absolute atomic E-state index is 0.0705. The Morgan fingerprint density at radius 1 is 1.08 bits per heavy atom. The lowest BCUT2D eigenvalue weighted by Crippen LogP contribution is -3.13. The van der Waals surface area contributed by atoms with E-state index in [4.69, 9.17) is 0 Å². The molecule has 3 aromatic rings. The van der Waals surface area contributed by atoms with Crippen molar-refractivity contribution in [2.24, 2.45) is 5.92 Å². The van der Waals surface area contributed by atoms with Crippen molar-refractivity contribution in [3.63, 3.8) is 0 Å². The van der Waals surface area contributed by atoms with Crippen LogP contribution in [0.5, 0.6) is 0 Å². The first-order valence-electron chi connectivity index (χ1n) is 8.88. The van der Waals surface area contributed by atoms with Crippen LogP contribution in [-0.4, -0.2) is 24.0 Å². The van der Waals surface area contributed by atoms with Gasteiger partial charge in [-0.2, -0.15) is 0 Å². The van der Waals surface area contributed by atoms with Crippen molar-refractivity contribution < 1.29 is 14.8 Å². The van der Waals surface area contributed by atoms with Crippen LogP contribution in [0.15, 0.2) is 65.4 Å². The Balaban J connectivity index is 1.62. The van der Waals surface area contributed by atoms with E-state index in [1.54, 1.807) is 11.3 Å². The fraction of sp³-hybridized carbons (Fsp3) is 0.286. The molecule has 2 aromatic heterocycles. The standard InChI is InChI=1S/C21H21NO2S2/c23-20(18-8-4-12-25-18)17-15-22(14-16-6-2-1-3-7-16)11-10-21(17,24)19-9-5-13-26-19/h1-9,12-13,17,24H,10-11,14-15H2/p+1/t17-,21-/m0/s1. The first kappa shape index (κ1) is 17.6. The summed E-state index contributed by atoms with van der Waals surface area (Å²) >= 11 is 3.01. The number of quaternary nitrogens is 1. The average Bonchev–Trinajstić information content (AvgIpc) is 3.38. The van der Waals surface area contributed by atoms with Gasteiger partial charge in [-0.3, -0.25) is 4.79 Å². The number of piperidine rings is 1. The molecule has 1 aliphatic heterocycles. The normalized spacial score (nSPS) is 25.9. The van der Waals surface area contributed by atoms with Crippen molar-refractivity contribution in [3.8, 4) is 0 Å². The number of hydrogen-bond donors (Lipinski definition) is 2. The molecule has 0 radical (unpaired) electrons. The van der Waals surface area contributed by atoms with E-state index in [0.717, 1.165) is 22.8 Å². The van der Waals surface area contributed by atoms with Crippen molar-refractivity contribution in [3.05, 3.63) is 80.7 Å². The van der Waals surface area contributed by atoms with E-state index in [9.17, 15) is 9.90 Å². The number of carbonyl (C=O) groups excluding carboxylic acids is 1. The first-order valence-corrected chi connectivity index (χ1v) is 10.6. The van der Waals surface area contributed by atoms with Crippen molar-refractivity contribution in [1.29, 1.82) is 0 Å². The lowest BCUT2D eigenvalue weighted by Gasteiger charge is -2.41. The van der Waals surface area contributed by atoms with Crippen molar-refractivity contribution in [2.45, 2.75) is 18.6 Å². The highest BCUT2D eigenvalue weighted by Gasteiger charge is 2.49. The maximum atomic E-state index is 13.2. The molecular formula is C21H22NO2S2+. The predicted molar refractivity (Wildman–Crippen MR) is 106 cm³/mol. The second kappa shape index (κ2) is 7.45. The number of likely N-dealkylation sites (tertiary alicyclic amines) is 1. The third-order valence-corrected chi connectivity index (χ3v) is 7.18. The minimum atomic E-state index is -1.06. The molecule has 0 spiro atoms. The number of hydrogen-bond acceptors (Lipinski definition) is 4. The molecule has 1 unspecified atom stereocenters. The monoisotopic (exact) mass is 384 g/mol. The van der Waals surface area contributed by atoms with Gasteiger partial charge < -0.3 is 10.0 Å². The van der Waals surface area contributed by atoms with Gasteiger partial charge >= 0.3 is 0 Å². The average molecular weight is 385 g/mol. The van der Waals surface area contributed by atoms with Gasteiger partial charge in [-0.1, -0.05) is 42.5 Å². The highest BCUT2D eigenvalue weighted by molar-refractivity contribution is 7.12. The van der Waals surface area contributed by atoms with Gasteiger partial charge in [-0.05, 0) is 22.9 Å². The summed E-state index contributed by atoms with van der Waals surface area (Å²) in [6.07, 6.45) is 0.609. The van der Waals surface area contributed by atoms with Crippen LogP contribution in [-0.2, 0) is 12.1 Å². The summed E-state index contributed by atoms with van der Waals surface area (Å²) in [4.78, 5) is 16.2. The zero-order valence-corrected chi connectivity index (χ0v) is 16.1. The van der Waals surface area contributed by atoms with Crippen LogP contribution in [0.3, 0.4) is 0 Å². The minimum Gasteiger partial charge on any atom is -0.383 e. The Hall–Kier alpha value is -1.79. The third kappa shape index (κ3) is 3.40. The van der Waals surface area contributed by atoms with Crippen LogP contribution in [0.25, 0.3) is 0 Å². The van der Waals surface area contributed by atoms with Gasteiger partial charge in [0.15, 0.2) is 5.78 Å². The predicted octanol–water partition coefficient (Wildman–Crippen LogP) is 2.99. The second-order valence-corrected chi connectivity index (χ2v) is 8.81. The molecule has 3 heterocycles. The summed E-state index contributed by atoms with van der Waals surface area (Å²) in [5.41, 5.74) is 0.210. The molecule has 0 saturated carbocycles. The number of Topliss-reactive ketones (excluding diaryl/α,β-unsaturated/α-hetero) is 1. The van der Waals surface area contributed by atoms with Crippen molar-refractivity contribution in [2.75, 3.05) is 13.1 Å². The molecule has 3 nitrogen and oxygen atoms in total. The molecule has 1 aliphatic rings. The van der Waals surface area contributed by atoms with E-state index in [0.29, 0.717) is 13.0 Å². The molecule has 4 rings (SSSR count). The van der Waals surface area contributed by atoms with Crippen LogP contribution in [0, 0.1) is 5.92 Å². The van der Waals surface area contributed by atoms with Gasteiger partial charge in [-0.25, -0.2) is 0 Å². The number of carbonyl (C=O) groups is 1. The van der Waals surface area contributed by atoms with E-state index >= 15 is 0 Å². The lowest BCUT2D eigenvalue weighted by atomic mass is 9.76. The highest BCUT2D eigenvalue weighted by Crippen LogP contribution is 2.39. The van der Waals surface area contributed by atoms with Crippen LogP contribution in [0.2, 0.25) is 0 Å². The molecule has 0 amide bonds. The van der Waals surface area contributed by atoms with E-state index < -0.39 is 11.5 Å². The number of rotatable bonds is 5. The van der Waals surface area contributed by atoms with E-state index in [2.05, 4.69) is 24.3 Å². The number of ketones is 1. The molecule has 2 N–H and O–H groups in total. The van der Waals surface area contributed by atoms with Crippen LogP contribution >= 0.6 is 22.7 Å². The van der Waals surface area contributed by atoms with Gasteiger partial charge in [0.05, 0.1) is 18.0 Å². The number of nitrogens with one attached hydrogen (secondary N) is 1. The van der Waals surface area contributed by atoms with Crippen LogP contribution < -0.4 is 4.90 Å². The Morgan fingerprint density at radius 2 is 1.85 bits per heavy atom. The lowest BCUT2D eigenvalue weighted by molar-refractivity contribution is -0.924. The van der Waals surface area contributed by atoms with Crippen molar-refractivity contribution in [1.82, 2.24) is 0 Å². The smallest absolute Gasteiger partial charge is 0.184 e. The maximum Gasteiger partial charge on any atom is 0.184 e. The van der Waals surface area contributed by atoms with E-state index in [1.165, 1.54) is 21.8 Å². The molecular weight excluding hydrogens is 362 g/mol. The topological polar surface area (TPSA) is 41.7 Å². The Labute approximate surface area is 161 Å². The van der Waals surface area contributed by atoms with Crippen LogP contribution in [0.4, 0.5) is 0 Å². The molecule has 0 aliphatic carbocycles. The van der Waals surface area contributed by atoms with Gasteiger partial charge in [0.2, 0.25) is 0 Å². The summed E-state index contributed by atoms with van der Waals surface area (Å²) in [6, 6.07) is 18.1. The molecule has 5 heteroatoms. The number of benzene rings is 1. The molecule has 134 valence electrons. The maximum absolute atomic E-state index is 13.2. The molecule has 1 aromatic carbocycles. The van der Waals surface area contributed by atoms with Crippen LogP contribution in [0.1, 0.15) is 26.5 Å². The summed E-state index contributed by atoms with van der Waals surface area (Å²) < 4.78 is 0. The number of thiophene rings is 2. The van der Waals surface area contributed by atoms with Gasteiger partial charge in [0, 0.05) is 16.9 Å². The summed E-state index contributed by atoms with van der Waals surface area (Å²) in [7, 11) is 0. The Bertz CT molecular complexity index is 846. The Kier molecular flexibility index (Phi) is 5.05. The molecule has 1 saturated heterocycles. The van der Waals surface area contributed by atoms with Gasteiger partial charge in [-0.15, -0.1) is 22.7 Å². The summed E-state index contributed by atoms with van der Waals surface area (Å²) in [5.74, 6) is -0.339. The summed E-state index contributed by atoms with van der Waals surface area (Å²) in [6.45, 7) is 2.40. The second-order valence-electron chi connectivity index (χ2n) is 6.91. The molecule has 1 fully saturated rings.